The van der Waals surface area contributed by atoms with Crippen LogP contribution >= 0.6 is 0 Å². The fraction of sp³-hybridized carbons (Fsp3) is 0.438. The van der Waals surface area contributed by atoms with Crippen LogP contribution in [0, 0.1) is 0 Å². The Morgan fingerprint density at radius 3 is 2.60 bits per heavy atom. The summed E-state index contributed by atoms with van der Waals surface area (Å²) in [7, 11) is 0. The molecule has 4 heteroatoms. The molecular formula is C16H22O4. The summed E-state index contributed by atoms with van der Waals surface area (Å²) in [5, 5.41) is 0. The summed E-state index contributed by atoms with van der Waals surface area (Å²) < 4.78 is 15.9. The van der Waals surface area contributed by atoms with Crippen molar-refractivity contribution in [3.63, 3.8) is 0 Å². The predicted octanol–water partition coefficient (Wildman–Crippen LogP) is 3.11. The fourth-order valence-electron chi connectivity index (χ4n) is 1.46. The molecule has 1 aromatic carbocycles. The number of carbonyl (C=O) groups excluding carboxylic acids is 1. The minimum atomic E-state index is -0.422. The van der Waals surface area contributed by atoms with Gasteiger partial charge in [-0.2, -0.15) is 0 Å². The van der Waals surface area contributed by atoms with Crippen molar-refractivity contribution >= 4 is 5.97 Å². The summed E-state index contributed by atoms with van der Waals surface area (Å²) in [4.78, 5) is 10.9. The highest BCUT2D eigenvalue weighted by Gasteiger charge is 1.99. The monoisotopic (exact) mass is 278 g/mol. The second kappa shape index (κ2) is 10.0. The molecule has 0 aliphatic rings. The molecule has 0 aromatic heterocycles. The first-order chi connectivity index (χ1) is 9.76. The van der Waals surface area contributed by atoms with Gasteiger partial charge >= 0.3 is 5.97 Å². The van der Waals surface area contributed by atoms with Crippen molar-refractivity contribution in [1.82, 2.24) is 0 Å². The van der Waals surface area contributed by atoms with Crippen molar-refractivity contribution in [2.45, 2.75) is 26.4 Å². The van der Waals surface area contributed by atoms with Gasteiger partial charge in [-0.3, -0.25) is 0 Å². The molecule has 110 valence electrons. The second-order valence-corrected chi connectivity index (χ2v) is 4.27. The zero-order valence-corrected chi connectivity index (χ0v) is 12.0. The molecule has 0 fully saturated rings. The molecule has 0 amide bonds. The maximum Gasteiger partial charge on any atom is 0.330 e. The van der Waals surface area contributed by atoms with Gasteiger partial charge in [0.05, 0.1) is 6.61 Å². The lowest BCUT2D eigenvalue weighted by molar-refractivity contribution is -0.138. The lowest BCUT2D eigenvalue weighted by Gasteiger charge is -2.08. The van der Waals surface area contributed by atoms with E-state index in [1.54, 1.807) is 0 Å². The highest BCUT2D eigenvalue weighted by atomic mass is 16.5. The third-order valence-corrected chi connectivity index (χ3v) is 2.61. The number of esters is 1. The molecule has 1 rings (SSSR count). The molecule has 0 spiro atoms. The molecule has 0 N–H and O–H groups in total. The van der Waals surface area contributed by atoms with Crippen LogP contribution in [0.2, 0.25) is 0 Å². The Morgan fingerprint density at radius 2 is 1.95 bits per heavy atom. The molecule has 0 radical (unpaired) electrons. The average molecular weight is 278 g/mol. The van der Waals surface area contributed by atoms with Crippen molar-refractivity contribution in [1.29, 1.82) is 0 Å². The summed E-state index contributed by atoms with van der Waals surface area (Å²) in [5.74, 6) is 0.359. The molecule has 0 unspecified atom stereocenters. The van der Waals surface area contributed by atoms with E-state index in [1.165, 1.54) is 0 Å². The molecule has 4 nitrogen and oxygen atoms in total. The Balaban J connectivity index is 2.21. The van der Waals surface area contributed by atoms with Crippen LogP contribution in [0.5, 0.6) is 5.75 Å². The third kappa shape index (κ3) is 6.95. The van der Waals surface area contributed by atoms with Gasteiger partial charge in [0.2, 0.25) is 0 Å². The Bertz CT molecular complexity index is 397. The molecule has 0 saturated heterocycles. The summed E-state index contributed by atoms with van der Waals surface area (Å²) in [6, 6.07) is 7.43. The van der Waals surface area contributed by atoms with Gasteiger partial charge in [-0.05, 0) is 24.1 Å². The molecule has 0 aliphatic carbocycles. The summed E-state index contributed by atoms with van der Waals surface area (Å²) in [5.41, 5.74) is 0.909. The van der Waals surface area contributed by atoms with Crippen molar-refractivity contribution in [2.75, 3.05) is 19.8 Å². The van der Waals surface area contributed by atoms with Crippen molar-refractivity contribution < 1.29 is 19.0 Å². The maximum atomic E-state index is 10.9. The maximum absolute atomic E-state index is 10.9. The van der Waals surface area contributed by atoms with Gasteiger partial charge in [-0.15, -0.1) is 0 Å². The minimum Gasteiger partial charge on any atom is -0.491 e. The van der Waals surface area contributed by atoms with Crippen LogP contribution in [0.15, 0.2) is 36.9 Å². The van der Waals surface area contributed by atoms with E-state index in [9.17, 15) is 4.79 Å². The fourth-order valence-corrected chi connectivity index (χ4v) is 1.46. The third-order valence-electron chi connectivity index (χ3n) is 2.61. The Morgan fingerprint density at radius 1 is 1.20 bits per heavy atom. The second-order valence-electron chi connectivity index (χ2n) is 4.27. The molecule has 0 bridgehead atoms. The largest absolute Gasteiger partial charge is 0.491 e. The van der Waals surface area contributed by atoms with E-state index in [1.807, 2.05) is 24.3 Å². The number of rotatable bonds is 10. The molecule has 0 atom stereocenters. The average Bonchev–Trinajstić information content (AvgIpc) is 2.49. The highest BCUT2D eigenvalue weighted by Crippen LogP contribution is 2.12. The van der Waals surface area contributed by atoms with Gasteiger partial charge in [0, 0.05) is 12.7 Å². The van der Waals surface area contributed by atoms with Crippen LogP contribution in [-0.2, 0) is 20.9 Å². The van der Waals surface area contributed by atoms with Crippen LogP contribution in [0.3, 0.4) is 0 Å². The molecule has 0 heterocycles. The molecule has 0 saturated carbocycles. The minimum absolute atomic E-state index is 0.241. The SMILES string of the molecule is C=CC(=O)OCc1ccc(OCCOCCCC)cc1. The van der Waals surface area contributed by atoms with Crippen molar-refractivity contribution in [2.24, 2.45) is 0 Å². The normalized spacial score (nSPS) is 10.1. The van der Waals surface area contributed by atoms with E-state index in [4.69, 9.17) is 14.2 Å². The molecule has 1 aromatic rings. The van der Waals surface area contributed by atoms with E-state index < -0.39 is 5.97 Å². The number of carbonyl (C=O) groups is 1. The zero-order valence-electron chi connectivity index (χ0n) is 12.0. The van der Waals surface area contributed by atoms with E-state index in [2.05, 4.69) is 13.5 Å². The number of hydrogen-bond donors (Lipinski definition) is 0. The van der Waals surface area contributed by atoms with Crippen LogP contribution in [0.4, 0.5) is 0 Å². The van der Waals surface area contributed by atoms with Gasteiger partial charge in [0.1, 0.15) is 19.0 Å². The topological polar surface area (TPSA) is 44.8 Å². The summed E-state index contributed by atoms with van der Waals surface area (Å²) in [6.07, 6.45) is 3.37. The van der Waals surface area contributed by atoms with Crippen LogP contribution in [0.1, 0.15) is 25.3 Å². The first-order valence-corrected chi connectivity index (χ1v) is 6.85. The Labute approximate surface area is 120 Å². The lowest BCUT2D eigenvalue weighted by Crippen LogP contribution is -2.07. The molecule has 20 heavy (non-hydrogen) atoms. The van der Waals surface area contributed by atoms with E-state index in [-0.39, 0.29) is 6.61 Å². The van der Waals surface area contributed by atoms with Crippen molar-refractivity contribution in [3.8, 4) is 5.75 Å². The van der Waals surface area contributed by atoms with Gasteiger partial charge in [0.15, 0.2) is 0 Å². The number of benzene rings is 1. The number of unbranched alkanes of at least 4 members (excludes halogenated alkanes) is 1. The first kappa shape index (κ1) is 16.2. The highest BCUT2D eigenvalue weighted by molar-refractivity contribution is 5.81. The smallest absolute Gasteiger partial charge is 0.330 e. The number of ether oxygens (including phenoxy) is 3. The van der Waals surface area contributed by atoms with Crippen LogP contribution < -0.4 is 4.74 Å². The van der Waals surface area contributed by atoms with Gasteiger partial charge in [0.25, 0.3) is 0 Å². The Kier molecular flexibility index (Phi) is 8.15. The standard InChI is InChI=1S/C16H22O4/c1-3-5-10-18-11-12-19-15-8-6-14(7-9-15)13-20-16(17)4-2/h4,6-9H,2-3,5,10-13H2,1H3. The van der Waals surface area contributed by atoms with Crippen LogP contribution in [-0.4, -0.2) is 25.8 Å². The first-order valence-electron chi connectivity index (χ1n) is 6.85. The summed E-state index contributed by atoms with van der Waals surface area (Å²) in [6.45, 7) is 7.63. The van der Waals surface area contributed by atoms with E-state index in [0.717, 1.165) is 36.8 Å². The Hall–Kier alpha value is -1.81. The van der Waals surface area contributed by atoms with E-state index in [0.29, 0.717) is 13.2 Å². The number of hydrogen-bond acceptors (Lipinski definition) is 4. The molecule has 0 aliphatic heterocycles. The predicted molar refractivity (Wildman–Crippen MR) is 77.7 cm³/mol. The van der Waals surface area contributed by atoms with E-state index >= 15 is 0 Å². The van der Waals surface area contributed by atoms with Gasteiger partial charge in [-0.25, -0.2) is 4.79 Å². The quantitative estimate of drug-likeness (QED) is 0.375. The lowest BCUT2D eigenvalue weighted by atomic mass is 10.2. The van der Waals surface area contributed by atoms with Gasteiger partial charge in [-0.1, -0.05) is 32.1 Å². The summed E-state index contributed by atoms with van der Waals surface area (Å²) >= 11 is 0. The van der Waals surface area contributed by atoms with Crippen LogP contribution in [0.25, 0.3) is 0 Å². The zero-order chi connectivity index (χ0) is 14.6. The molecular weight excluding hydrogens is 256 g/mol. The van der Waals surface area contributed by atoms with Crippen molar-refractivity contribution in [3.05, 3.63) is 42.5 Å². The van der Waals surface area contributed by atoms with Gasteiger partial charge < -0.3 is 14.2 Å².